The third-order valence-corrected chi connectivity index (χ3v) is 6.64. The van der Waals surface area contributed by atoms with E-state index in [1.807, 2.05) is 52.9 Å². The molecule has 0 radical (unpaired) electrons. The van der Waals surface area contributed by atoms with Crippen LogP contribution < -0.4 is 5.56 Å². The second-order valence-electron chi connectivity index (χ2n) is 5.99. The summed E-state index contributed by atoms with van der Waals surface area (Å²) in [4.78, 5) is 14.0. The molecule has 8 heteroatoms. The highest BCUT2D eigenvalue weighted by Gasteiger charge is 2.15. The Morgan fingerprint density at radius 3 is 2.57 bits per heavy atom. The SMILES string of the molecule is C=CCn1c(=O)c2ccccc2n2c(SCCSc3ccc(Cl)cc3)nnc12. The number of aromatic nitrogens is 4. The van der Waals surface area contributed by atoms with Crippen LogP contribution in [0.25, 0.3) is 16.7 Å². The van der Waals surface area contributed by atoms with Crippen LogP contribution in [-0.4, -0.2) is 30.7 Å². The molecule has 0 aliphatic carbocycles. The number of nitrogens with zero attached hydrogens (tertiary/aromatic N) is 4. The van der Waals surface area contributed by atoms with E-state index in [4.69, 9.17) is 11.6 Å². The molecule has 0 bridgehead atoms. The molecular weight excluding hydrogens is 412 g/mol. The van der Waals surface area contributed by atoms with Crippen molar-refractivity contribution in [2.75, 3.05) is 11.5 Å². The van der Waals surface area contributed by atoms with Gasteiger partial charge in [0.2, 0.25) is 5.78 Å². The molecule has 0 saturated carbocycles. The van der Waals surface area contributed by atoms with Crippen LogP contribution in [0.5, 0.6) is 0 Å². The van der Waals surface area contributed by atoms with Crippen molar-refractivity contribution in [3.8, 4) is 0 Å². The van der Waals surface area contributed by atoms with E-state index in [1.165, 1.54) is 4.90 Å². The van der Waals surface area contributed by atoms with Gasteiger partial charge in [-0.15, -0.1) is 28.5 Å². The van der Waals surface area contributed by atoms with Crippen molar-refractivity contribution in [1.82, 2.24) is 19.2 Å². The maximum Gasteiger partial charge on any atom is 0.263 e. The zero-order chi connectivity index (χ0) is 19.5. The van der Waals surface area contributed by atoms with Crippen molar-refractivity contribution >= 4 is 51.8 Å². The fourth-order valence-electron chi connectivity index (χ4n) is 2.94. The van der Waals surface area contributed by atoms with Crippen LogP contribution in [0.2, 0.25) is 5.02 Å². The Morgan fingerprint density at radius 1 is 1.04 bits per heavy atom. The number of allylic oxidation sites excluding steroid dienone is 1. The van der Waals surface area contributed by atoms with Gasteiger partial charge in [-0.25, -0.2) is 0 Å². The molecule has 4 aromatic rings. The lowest BCUT2D eigenvalue weighted by Crippen LogP contribution is -2.22. The molecule has 2 aromatic carbocycles. The van der Waals surface area contributed by atoms with Crippen molar-refractivity contribution in [2.24, 2.45) is 0 Å². The summed E-state index contributed by atoms with van der Waals surface area (Å²) < 4.78 is 3.56. The van der Waals surface area contributed by atoms with E-state index in [0.717, 1.165) is 27.2 Å². The average molecular weight is 429 g/mol. The van der Waals surface area contributed by atoms with Gasteiger partial charge in [-0.1, -0.05) is 41.6 Å². The predicted octanol–water partition coefficient (Wildman–Crippen LogP) is 4.77. The molecule has 0 spiro atoms. The van der Waals surface area contributed by atoms with Gasteiger partial charge in [0, 0.05) is 28.0 Å². The second kappa shape index (κ2) is 8.43. The molecule has 4 rings (SSSR count). The number of benzene rings is 2. The number of para-hydroxylation sites is 1. The van der Waals surface area contributed by atoms with Gasteiger partial charge in [0.1, 0.15) is 0 Å². The van der Waals surface area contributed by atoms with Crippen LogP contribution in [0, 0.1) is 0 Å². The normalized spacial score (nSPS) is 11.3. The van der Waals surface area contributed by atoms with Gasteiger partial charge in [0.15, 0.2) is 5.16 Å². The fraction of sp³-hybridized carbons (Fsp3) is 0.150. The molecule has 2 heterocycles. The van der Waals surface area contributed by atoms with Crippen LogP contribution >= 0.6 is 35.1 Å². The predicted molar refractivity (Wildman–Crippen MR) is 118 cm³/mol. The molecule has 0 unspecified atom stereocenters. The van der Waals surface area contributed by atoms with Crippen LogP contribution in [0.15, 0.2) is 76.0 Å². The van der Waals surface area contributed by atoms with E-state index < -0.39 is 0 Å². The smallest absolute Gasteiger partial charge is 0.263 e. The first-order valence-corrected chi connectivity index (χ1v) is 11.0. The van der Waals surface area contributed by atoms with Crippen LogP contribution in [0.1, 0.15) is 0 Å². The lowest BCUT2D eigenvalue weighted by molar-refractivity contribution is 0.783. The fourth-order valence-corrected chi connectivity index (χ4v) is 4.89. The Labute approximate surface area is 175 Å². The molecule has 0 aliphatic heterocycles. The summed E-state index contributed by atoms with van der Waals surface area (Å²) in [6.45, 7) is 4.14. The molecule has 2 aromatic heterocycles. The number of thioether (sulfide) groups is 2. The quantitative estimate of drug-likeness (QED) is 0.241. The third-order valence-electron chi connectivity index (χ3n) is 4.19. The Hall–Kier alpha value is -2.22. The molecule has 0 amide bonds. The molecule has 0 saturated heterocycles. The highest BCUT2D eigenvalue weighted by atomic mass is 35.5. The highest BCUT2D eigenvalue weighted by Crippen LogP contribution is 2.25. The van der Waals surface area contributed by atoms with Gasteiger partial charge in [0.05, 0.1) is 10.9 Å². The van der Waals surface area contributed by atoms with E-state index in [0.29, 0.717) is 17.7 Å². The molecule has 5 nitrogen and oxygen atoms in total. The summed E-state index contributed by atoms with van der Waals surface area (Å²) >= 11 is 9.32. The van der Waals surface area contributed by atoms with Crippen molar-refractivity contribution < 1.29 is 0 Å². The van der Waals surface area contributed by atoms with Crippen LogP contribution in [0.3, 0.4) is 0 Å². The molecule has 142 valence electrons. The van der Waals surface area contributed by atoms with E-state index in [2.05, 4.69) is 16.8 Å². The number of rotatable bonds is 7. The topological polar surface area (TPSA) is 52.2 Å². The summed E-state index contributed by atoms with van der Waals surface area (Å²) in [5, 5.41) is 10.8. The zero-order valence-electron chi connectivity index (χ0n) is 14.9. The van der Waals surface area contributed by atoms with Gasteiger partial charge in [-0.05, 0) is 36.4 Å². The standard InChI is InChI=1S/C20H17ClN4OS2/c1-2-11-24-18(26)16-5-3-4-6-17(16)25-19(24)22-23-20(25)28-13-12-27-15-9-7-14(21)8-10-15/h2-10H,1,11-13H2. The van der Waals surface area contributed by atoms with E-state index in [-0.39, 0.29) is 5.56 Å². The first-order chi connectivity index (χ1) is 13.7. The second-order valence-corrected chi connectivity index (χ2v) is 8.66. The number of hydrogen-bond donors (Lipinski definition) is 0. The van der Waals surface area contributed by atoms with Gasteiger partial charge in [0.25, 0.3) is 5.56 Å². The monoisotopic (exact) mass is 428 g/mol. The summed E-state index contributed by atoms with van der Waals surface area (Å²) in [5.41, 5.74) is 0.742. The maximum absolute atomic E-state index is 12.8. The number of hydrogen-bond acceptors (Lipinski definition) is 5. The highest BCUT2D eigenvalue weighted by molar-refractivity contribution is 8.02. The van der Waals surface area contributed by atoms with E-state index in [9.17, 15) is 4.79 Å². The minimum absolute atomic E-state index is 0.0785. The molecular formula is C20H17ClN4OS2. The Bertz CT molecular complexity index is 1200. The van der Waals surface area contributed by atoms with Crippen molar-refractivity contribution in [3.63, 3.8) is 0 Å². The summed E-state index contributed by atoms with van der Waals surface area (Å²) in [6.07, 6.45) is 1.69. The molecule has 28 heavy (non-hydrogen) atoms. The van der Waals surface area contributed by atoms with E-state index in [1.54, 1.807) is 34.2 Å². The first kappa shape index (κ1) is 19.1. The molecule has 0 N–H and O–H groups in total. The summed E-state index contributed by atoms with van der Waals surface area (Å²) in [7, 11) is 0. The Morgan fingerprint density at radius 2 is 1.79 bits per heavy atom. The third kappa shape index (κ3) is 3.70. The Balaban J connectivity index is 1.62. The van der Waals surface area contributed by atoms with Crippen molar-refractivity contribution in [3.05, 3.63) is 76.6 Å². The molecule has 0 fully saturated rings. The lowest BCUT2D eigenvalue weighted by atomic mass is 10.2. The minimum atomic E-state index is -0.0785. The number of fused-ring (bicyclic) bond motifs is 3. The first-order valence-electron chi connectivity index (χ1n) is 8.68. The van der Waals surface area contributed by atoms with Gasteiger partial charge >= 0.3 is 0 Å². The van der Waals surface area contributed by atoms with E-state index >= 15 is 0 Å². The summed E-state index contributed by atoms with van der Waals surface area (Å²) in [5.74, 6) is 2.32. The maximum atomic E-state index is 12.8. The average Bonchev–Trinajstić information content (AvgIpc) is 3.14. The number of halogens is 1. The van der Waals surface area contributed by atoms with Crippen molar-refractivity contribution in [2.45, 2.75) is 16.6 Å². The van der Waals surface area contributed by atoms with Gasteiger partial charge < -0.3 is 0 Å². The van der Waals surface area contributed by atoms with Crippen LogP contribution in [0.4, 0.5) is 0 Å². The lowest BCUT2D eigenvalue weighted by Gasteiger charge is -2.09. The minimum Gasteiger partial charge on any atom is -0.272 e. The van der Waals surface area contributed by atoms with Gasteiger partial charge in [-0.3, -0.25) is 13.8 Å². The molecule has 0 atom stereocenters. The summed E-state index contributed by atoms with van der Waals surface area (Å²) in [6, 6.07) is 15.4. The Kier molecular flexibility index (Phi) is 5.75. The van der Waals surface area contributed by atoms with Crippen LogP contribution in [-0.2, 0) is 6.54 Å². The van der Waals surface area contributed by atoms with Gasteiger partial charge in [-0.2, -0.15) is 0 Å². The molecule has 0 aliphatic rings. The zero-order valence-corrected chi connectivity index (χ0v) is 17.3. The van der Waals surface area contributed by atoms with Crippen molar-refractivity contribution in [1.29, 1.82) is 0 Å². The largest absolute Gasteiger partial charge is 0.272 e.